The van der Waals surface area contributed by atoms with E-state index in [2.05, 4.69) is 0 Å². The van der Waals surface area contributed by atoms with Crippen molar-refractivity contribution in [2.45, 2.75) is 25.6 Å². The van der Waals surface area contributed by atoms with E-state index in [1.54, 1.807) is 6.07 Å². The summed E-state index contributed by atoms with van der Waals surface area (Å²) >= 11 is 0. The van der Waals surface area contributed by atoms with E-state index in [1.807, 2.05) is 0 Å². The van der Waals surface area contributed by atoms with E-state index in [0.717, 1.165) is 0 Å². The van der Waals surface area contributed by atoms with Gasteiger partial charge in [0.2, 0.25) is 0 Å². The molecule has 0 spiro atoms. The Labute approximate surface area is 114 Å². The zero-order valence-electron chi connectivity index (χ0n) is 10.9. The molecule has 1 aromatic carbocycles. The number of aromatic carboxylic acids is 1. The summed E-state index contributed by atoms with van der Waals surface area (Å²) in [4.78, 5) is 11.0. The van der Waals surface area contributed by atoms with Gasteiger partial charge in [0.15, 0.2) is 0 Å². The van der Waals surface area contributed by atoms with Crippen molar-refractivity contribution in [2.24, 2.45) is 0 Å². The van der Waals surface area contributed by atoms with Crippen LogP contribution < -0.4 is 4.74 Å². The van der Waals surface area contributed by atoms with Gasteiger partial charge < -0.3 is 14.6 Å². The summed E-state index contributed by atoms with van der Waals surface area (Å²) in [6.07, 6.45) is -5.19. The topological polar surface area (TPSA) is 55.8 Å². The Morgan fingerprint density at radius 3 is 2.60 bits per heavy atom. The first-order chi connectivity index (χ1) is 9.33. The Kier molecular flexibility index (Phi) is 5.82. The van der Waals surface area contributed by atoms with Crippen molar-refractivity contribution in [2.75, 3.05) is 13.7 Å². The van der Waals surface area contributed by atoms with Gasteiger partial charge in [0, 0.05) is 13.0 Å². The van der Waals surface area contributed by atoms with Crippen LogP contribution in [-0.2, 0) is 11.3 Å². The van der Waals surface area contributed by atoms with E-state index in [4.69, 9.17) is 14.6 Å². The average molecular weight is 292 g/mol. The minimum absolute atomic E-state index is 0.0103. The summed E-state index contributed by atoms with van der Waals surface area (Å²) < 4.78 is 45.7. The van der Waals surface area contributed by atoms with Gasteiger partial charge in [-0.1, -0.05) is 6.07 Å². The number of carboxylic acids is 1. The highest BCUT2D eigenvalue weighted by molar-refractivity contribution is 5.91. The van der Waals surface area contributed by atoms with E-state index in [9.17, 15) is 18.0 Å². The van der Waals surface area contributed by atoms with Gasteiger partial charge in [-0.25, -0.2) is 4.79 Å². The molecule has 0 amide bonds. The van der Waals surface area contributed by atoms with Gasteiger partial charge in [-0.05, 0) is 24.1 Å². The average Bonchev–Trinajstić information content (AvgIpc) is 2.36. The van der Waals surface area contributed by atoms with Crippen LogP contribution in [0.15, 0.2) is 18.2 Å². The number of alkyl halides is 3. The number of ether oxygens (including phenoxy) is 2. The predicted molar refractivity (Wildman–Crippen MR) is 64.9 cm³/mol. The molecule has 0 radical (unpaired) electrons. The Hall–Kier alpha value is -1.76. The Morgan fingerprint density at radius 1 is 1.35 bits per heavy atom. The van der Waals surface area contributed by atoms with Gasteiger partial charge >= 0.3 is 12.1 Å². The third-order valence-corrected chi connectivity index (χ3v) is 2.51. The maximum absolute atomic E-state index is 11.9. The highest BCUT2D eigenvalue weighted by atomic mass is 19.4. The first-order valence-electron chi connectivity index (χ1n) is 5.88. The maximum atomic E-state index is 11.9. The number of rotatable bonds is 7. The van der Waals surface area contributed by atoms with Crippen LogP contribution in [0.5, 0.6) is 5.75 Å². The predicted octanol–water partition coefficient (Wildman–Crippen LogP) is 3.25. The van der Waals surface area contributed by atoms with Gasteiger partial charge in [0.1, 0.15) is 11.3 Å². The van der Waals surface area contributed by atoms with Crippen molar-refractivity contribution in [3.63, 3.8) is 0 Å². The molecule has 0 unspecified atom stereocenters. The second kappa shape index (κ2) is 7.14. The Morgan fingerprint density at radius 2 is 2.05 bits per heavy atom. The lowest BCUT2D eigenvalue weighted by Gasteiger charge is -2.09. The highest BCUT2D eigenvalue weighted by Gasteiger charge is 2.25. The van der Waals surface area contributed by atoms with Gasteiger partial charge in [-0.15, -0.1) is 0 Å². The van der Waals surface area contributed by atoms with Crippen LogP contribution in [0.25, 0.3) is 0 Å². The summed E-state index contributed by atoms with van der Waals surface area (Å²) in [6.45, 7) is 0.0239. The summed E-state index contributed by atoms with van der Waals surface area (Å²) in [7, 11) is 1.36. The summed E-state index contributed by atoms with van der Waals surface area (Å²) in [5.41, 5.74) is 0.555. The van der Waals surface area contributed by atoms with Crippen molar-refractivity contribution in [3.8, 4) is 5.75 Å². The zero-order chi connectivity index (χ0) is 15.2. The molecule has 20 heavy (non-hydrogen) atoms. The largest absolute Gasteiger partial charge is 0.496 e. The van der Waals surface area contributed by atoms with Crippen LogP contribution in [0.4, 0.5) is 13.2 Å². The Bertz CT molecular complexity index is 457. The molecule has 112 valence electrons. The van der Waals surface area contributed by atoms with Gasteiger partial charge in [0.05, 0.1) is 13.7 Å². The zero-order valence-corrected chi connectivity index (χ0v) is 10.9. The fourth-order valence-corrected chi connectivity index (χ4v) is 1.58. The summed E-state index contributed by atoms with van der Waals surface area (Å²) in [5.74, 6) is -0.918. The van der Waals surface area contributed by atoms with Crippen LogP contribution in [0.3, 0.4) is 0 Å². The van der Waals surface area contributed by atoms with E-state index in [0.29, 0.717) is 5.56 Å². The quantitative estimate of drug-likeness (QED) is 0.784. The fourth-order valence-electron chi connectivity index (χ4n) is 1.58. The van der Waals surface area contributed by atoms with Gasteiger partial charge in [0.25, 0.3) is 0 Å². The molecular formula is C13H15F3O4. The van der Waals surface area contributed by atoms with Gasteiger partial charge in [-0.2, -0.15) is 13.2 Å². The van der Waals surface area contributed by atoms with Crippen LogP contribution in [0, 0.1) is 0 Å². The second-order valence-electron chi connectivity index (χ2n) is 4.11. The number of carbonyl (C=O) groups is 1. The van der Waals surface area contributed by atoms with Crippen molar-refractivity contribution in [1.82, 2.24) is 0 Å². The molecule has 1 rings (SSSR count). The Balaban J connectivity index is 2.49. The molecule has 0 atom stereocenters. The van der Waals surface area contributed by atoms with E-state index in [-0.39, 0.29) is 30.9 Å². The minimum atomic E-state index is -4.18. The molecule has 0 bridgehead atoms. The highest BCUT2D eigenvalue weighted by Crippen LogP contribution is 2.22. The number of halogens is 3. The molecule has 0 heterocycles. The first kappa shape index (κ1) is 16.3. The molecule has 1 N–H and O–H groups in total. The molecule has 0 aromatic heterocycles. The van der Waals surface area contributed by atoms with Crippen molar-refractivity contribution in [3.05, 3.63) is 29.3 Å². The molecule has 1 aromatic rings. The van der Waals surface area contributed by atoms with E-state index >= 15 is 0 Å². The third-order valence-electron chi connectivity index (χ3n) is 2.51. The molecule has 0 saturated carbocycles. The van der Waals surface area contributed by atoms with Crippen LogP contribution in [0.1, 0.15) is 28.8 Å². The number of methoxy groups -OCH3 is 1. The van der Waals surface area contributed by atoms with Crippen molar-refractivity contribution in [1.29, 1.82) is 0 Å². The first-order valence-corrected chi connectivity index (χ1v) is 5.88. The van der Waals surface area contributed by atoms with Crippen molar-refractivity contribution >= 4 is 5.97 Å². The number of benzene rings is 1. The molecule has 0 saturated heterocycles. The number of hydrogen-bond donors (Lipinski definition) is 1. The molecular weight excluding hydrogens is 277 g/mol. The molecule has 0 aliphatic carbocycles. The fraction of sp³-hybridized carbons (Fsp3) is 0.462. The normalized spacial score (nSPS) is 11.4. The molecule has 0 aliphatic heterocycles. The SMILES string of the molecule is COc1ccc(COCCCC(F)(F)F)cc1C(=O)O. The third kappa shape index (κ3) is 5.48. The summed E-state index contributed by atoms with van der Waals surface area (Å²) in [5, 5.41) is 8.97. The molecule has 4 nitrogen and oxygen atoms in total. The number of carboxylic acid groups (broad SMARTS) is 1. The van der Waals surface area contributed by atoms with E-state index < -0.39 is 18.6 Å². The molecule has 0 fully saturated rings. The van der Waals surface area contributed by atoms with Crippen LogP contribution >= 0.6 is 0 Å². The standard InChI is InChI=1S/C13H15F3O4/c1-19-11-4-3-9(7-10(11)12(17)18)8-20-6-2-5-13(14,15)16/h3-4,7H,2,5-6,8H2,1H3,(H,17,18). The lowest BCUT2D eigenvalue weighted by molar-refractivity contribution is -0.138. The lowest BCUT2D eigenvalue weighted by Crippen LogP contribution is -2.09. The maximum Gasteiger partial charge on any atom is 0.389 e. The van der Waals surface area contributed by atoms with Crippen molar-refractivity contribution < 1.29 is 32.5 Å². The summed E-state index contributed by atoms with van der Waals surface area (Å²) in [6, 6.07) is 4.47. The minimum Gasteiger partial charge on any atom is -0.496 e. The molecule has 7 heteroatoms. The lowest BCUT2D eigenvalue weighted by atomic mass is 10.1. The monoisotopic (exact) mass is 292 g/mol. The van der Waals surface area contributed by atoms with Crippen LogP contribution in [-0.4, -0.2) is 31.0 Å². The van der Waals surface area contributed by atoms with Crippen LogP contribution in [0.2, 0.25) is 0 Å². The van der Waals surface area contributed by atoms with E-state index in [1.165, 1.54) is 19.2 Å². The van der Waals surface area contributed by atoms with Gasteiger partial charge in [-0.3, -0.25) is 0 Å². The number of hydrogen-bond acceptors (Lipinski definition) is 3. The smallest absolute Gasteiger partial charge is 0.389 e. The second-order valence-corrected chi connectivity index (χ2v) is 4.11. The molecule has 0 aliphatic rings.